The Morgan fingerprint density at radius 1 is 0.600 bits per heavy atom. The van der Waals surface area contributed by atoms with E-state index in [4.69, 9.17) is 29.4 Å². The first-order chi connectivity index (χ1) is 26.7. The number of carboxylic acids is 1. The van der Waals surface area contributed by atoms with Gasteiger partial charge in [0.05, 0.1) is 19.8 Å². The van der Waals surface area contributed by atoms with Gasteiger partial charge in [0.15, 0.2) is 0 Å². The van der Waals surface area contributed by atoms with Gasteiger partial charge in [-0.25, -0.2) is 4.57 Å². The molecule has 55 heavy (non-hydrogen) atoms. The molecule has 0 aliphatic carbocycles. The van der Waals surface area contributed by atoms with Gasteiger partial charge in [-0.05, 0) is 44.9 Å². The summed E-state index contributed by atoms with van der Waals surface area (Å²) in [6.07, 6.45) is 44.8. The Labute approximate surface area is 336 Å². The van der Waals surface area contributed by atoms with Crippen LogP contribution in [0.3, 0.4) is 0 Å². The Morgan fingerprint density at radius 2 is 1.05 bits per heavy atom. The third-order valence-electron chi connectivity index (χ3n) is 9.43. The number of phosphoric acid groups is 1. The number of nitrogens with two attached hydrogens (primary N) is 1. The number of esters is 1. The first kappa shape index (κ1) is 53.2. The smallest absolute Gasteiger partial charge is 0.472 e. The largest absolute Gasteiger partial charge is 0.480 e. The Kier molecular flexibility index (Phi) is 39.1. The van der Waals surface area contributed by atoms with E-state index in [1.165, 1.54) is 96.3 Å². The highest BCUT2D eigenvalue weighted by Crippen LogP contribution is 2.43. The van der Waals surface area contributed by atoms with E-state index < -0.39 is 45.1 Å². The predicted molar refractivity (Wildman–Crippen MR) is 226 cm³/mol. The van der Waals surface area contributed by atoms with Gasteiger partial charge in [0.1, 0.15) is 12.1 Å². The van der Waals surface area contributed by atoms with Crippen LogP contribution in [0.25, 0.3) is 0 Å². The number of aliphatic carboxylic acids is 1. The second kappa shape index (κ2) is 40.4. The second-order valence-electron chi connectivity index (χ2n) is 14.8. The van der Waals surface area contributed by atoms with Crippen molar-refractivity contribution in [1.82, 2.24) is 0 Å². The zero-order valence-corrected chi connectivity index (χ0v) is 35.9. The van der Waals surface area contributed by atoms with Gasteiger partial charge in [-0.15, -0.1) is 0 Å². The third-order valence-corrected chi connectivity index (χ3v) is 10.4. The molecular formula is C44H82NO9P. The summed E-state index contributed by atoms with van der Waals surface area (Å²) in [6.45, 7) is 3.77. The zero-order chi connectivity index (χ0) is 40.5. The van der Waals surface area contributed by atoms with Crippen molar-refractivity contribution < 1.29 is 42.7 Å². The van der Waals surface area contributed by atoms with E-state index in [9.17, 15) is 19.0 Å². The van der Waals surface area contributed by atoms with Crippen LogP contribution in [0.2, 0.25) is 0 Å². The highest BCUT2D eigenvalue weighted by molar-refractivity contribution is 7.47. The average Bonchev–Trinajstić information content (AvgIpc) is 3.16. The summed E-state index contributed by atoms with van der Waals surface area (Å²) >= 11 is 0. The minimum atomic E-state index is -4.62. The number of carbonyl (C=O) groups excluding carboxylic acids is 1. The highest BCUT2D eigenvalue weighted by atomic mass is 31.2. The molecule has 0 amide bonds. The summed E-state index contributed by atoms with van der Waals surface area (Å²) in [5, 5.41) is 8.89. The molecule has 0 fully saturated rings. The second-order valence-corrected chi connectivity index (χ2v) is 16.3. The maximum Gasteiger partial charge on any atom is 0.472 e. The van der Waals surface area contributed by atoms with Crippen molar-refractivity contribution in [3.63, 3.8) is 0 Å². The lowest BCUT2D eigenvalue weighted by atomic mass is 10.0. The Balaban J connectivity index is 4.22. The molecule has 322 valence electrons. The Bertz CT molecular complexity index is 1020. The first-order valence-corrected chi connectivity index (χ1v) is 23.5. The maximum atomic E-state index is 12.6. The molecular weight excluding hydrogens is 717 g/mol. The molecule has 0 saturated carbocycles. The van der Waals surface area contributed by atoms with Crippen molar-refractivity contribution in [2.75, 3.05) is 26.4 Å². The van der Waals surface area contributed by atoms with Crippen molar-refractivity contribution in [1.29, 1.82) is 0 Å². The minimum absolute atomic E-state index is 0.0125. The molecule has 0 rings (SSSR count). The number of allylic oxidation sites excluding steroid dienone is 6. The van der Waals surface area contributed by atoms with Gasteiger partial charge < -0.3 is 25.2 Å². The van der Waals surface area contributed by atoms with E-state index >= 15 is 0 Å². The molecule has 10 nitrogen and oxygen atoms in total. The van der Waals surface area contributed by atoms with E-state index in [-0.39, 0.29) is 13.0 Å². The summed E-state index contributed by atoms with van der Waals surface area (Å²) in [5.41, 5.74) is 5.35. The number of carboxylic acid groups (broad SMARTS) is 1. The SMILES string of the molecule is CC/C=C\C/C=C\C/C=C\CCCCCCCC(=O)O[C@H](COCCCCCCCCCCCCCCCCCCCC)COP(=O)(O)OC[C@H](N)C(=O)O. The highest BCUT2D eigenvalue weighted by Gasteiger charge is 2.27. The molecule has 0 radical (unpaired) electrons. The summed E-state index contributed by atoms with van der Waals surface area (Å²) in [5.74, 6) is -1.79. The van der Waals surface area contributed by atoms with Crippen LogP contribution in [-0.4, -0.2) is 60.5 Å². The topological polar surface area (TPSA) is 155 Å². The molecule has 4 N–H and O–H groups in total. The number of unbranched alkanes of at least 4 members (excludes halogenated alkanes) is 22. The monoisotopic (exact) mass is 800 g/mol. The fourth-order valence-corrected chi connectivity index (χ4v) is 6.81. The van der Waals surface area contributed by atoms with Crippen molar-refractivity contribution in [2.45, 2.75) is 206 Å². The van der Waals surface area contributed by atoms with E-state index in [1.54, 1.807) is 0 Å². The first-order valence-electron chi connectivity index (χ1n) is 22.0. The van der Waals surface area contributed by atoms with Crippen LogP contribution in [0.5, 0.6) is 0 Å². The molecule has 1 unspecified atom stereocenters. The van der Waals surface area contributed by atoms with Gasteiger partial charge in [-0.2, -0.15) is 0 Å². The van der Waals surface area contributed by atoms with Crippen molar-refractivity contribution in [3.8, 4) is 0 Å². The van der Waals surface area contributed by atoms with Crippen LogP contribution in [0.15, 0.2) is 36.5 Å². The standard InChI is InChI=1S/C44H82NO9P/c1-3-5-7-9-11-13-15-17-19-20-21-23-25-27-29-31-33-35-37-51-38-41(39-52-55(49,50)53-40-42(45)44(47)48)54-43(46)36-34-32-30-28-26-24-22-18-16-14-12-10-8-6-4-2/h6,8,12,14,18,22,41-42H,3-5,7,9-11,13,15-17,19-21,23-40,45H2,1-2H3,(H,47,48)(H,49,50)/b8-6-,14-12-,22-18-/t41-,42+/m1/s1. The van der Waals surface area contributed by atoms with Gasteiger partial charge in [-0.1, -0.05) is 179 Å². The molecule has 0 spiro atoms. The number of rotatable bonds is 42. The number of hydrogen-bond donors (Lipinski definition) is 3. The van der Waals surface area contributed by atoms with Crippen LogP contribution in [0, 0.1) is 0 Å². The molecule has 0 heterocycles. The fraction of sp³-hybridized carbons (Fsp3) is 0.818. The maximum absolute atomic E-state index is 12.6. The lowest BCUT2D eigenvalue weighted by molar-refractivity contribution is -0.154. The van der Waals surface area contributed by atoms with Gasteiger partial charge in [0.25, 0.3) is 0 Å². The quantitative estimate of drug-likeness (QED) is 0.0235. The summed E-state index contributed by atoms with van der Waals surface area (Å²) < 4.78 is 33.3. The predicted octanol–water partition coefficient (Wildman–Crippen LogP) is 12.1. The molecule has 0 aromatic rings. The molecule has 3 atom stereocenters. The van der Waals surface area contributed by atoms with E-state index in [0.717, 1.165) is 70.6 Å². The number of hydrogen-bond acceptors (Lipinski definition) is 8. The summed E-state index contributed by atoms with van der Waals surface area (Å²) in [7, 11) is -4.62. The molecule has 0 aliphatic heterocycles. The van der Waals surface area contributed by atoms with Gasteiger partial charge in [0, 0.05) is 13.0 Å². The lowest BCUT2D eigenvalue weighted by Crippen LogP contribution is -2.34. The van der Waals surface area contributed by atoms with Crippen LogP contribution < -0.4 is 5.73 Å². The Hall–Kier alpha value is -1.81. The fourth-order valence-electron chi connectivity index (χ4n) is 6.03. The lowest BCUT2D eigenvalue weighted by Gasteiger charge is -2.20. The van der Waals surface area contributed by atoms with Crippen LogP contribution in [-0.2, 0) is 32.7 Å². The van der Waals surface area contributed by atoms with Crippen LogP contribution >= 0.6 is 7.82 Å². The number of phosphoric ester groups is 1. The molecule has 0 bridgehead atoms. The minimum Gasteiger partial charge on any atom is -0.480 e. The number of ether oxygens (including phenoxy) is 2. The molecule has 0 saturated heterocycles. The van der Waals surface area contributed by atoms with Gasteiger partial charge in [0.2, 0.25) is 0 Å². The summed E-state index contributed by atoms with van der Waals surface area (Å²) in [6, 6.07) is -1.47. The molecule has 0 aromatic carbocycles. The van der Waals surface area contributed by atoms with Crippen molar-refractivity contribution >= 4 is 19.8 Å². The molecule has 0 aliphatic rings. The van der Waals surface area contributed by atoms with E-state index in [0.29, 0.717) is 13.0 Å². The van der Waals surface area contributed by atoms with E-state index in [1.807, 2.05) is 0 Å². The average molecular weight is 800 g/mol. The zero-order valence-electron chi connectivity index (χ0n) is 35.0. The van der Waals surface area contributed by atoms with Crippen molar-refractivity contribution in [3.05, 3.63) is 36.5 Å². The van der Waals surface area contributed by atoms with Gasteiger partial charge in [-0.3, -0.25) is 18.6 Å². The Morgan fingerprint density at radius 3 is 1.58 bits per heavy atom. The summed E-state index contributed by atoms with van der Waals surface area (Å²) in [4.78, 5) is 33.5. The van der Waals surface area contributed by atoms with Crippen LogP contribution in [0.4, 0.5) is 0 Å². The van der Waals surface area contributed by atoms with Crippen molar-refractivity contribution in [2.24, 2.45) is 5.73 Å². The third kappa shape index (κ3) is 40.2. The number of carbonyl (C=O) groups is 2. The van der Waals surface area contributed by atoms with E-state index in [2.05, 4.69) is 50.3 Å². The molecule has 0 aromatic heterocycles. The van der Waals surface area contributed by atoms with Gasteiger partial charge >= 0.3 is 19.8 Å². The van der Waals surface area contributed by atoms with Crippen LogP contribution in [0.1, 0.15) is 194 Å². The molecule has 11 heteroatoms. The normalized spacial score (nSPS) is 14.3.